The van der Waals surface area contributed by atoms with Crippen LogP contribution in [0.1, 0.15) is 55.6 Å². The number of hydrogen-bond acceptors (Lipinski definition) is 1. The van der Waals surface area contributed by atoms with Crippen LogP contribution in [0.4, 0.5) is 0 Å². The molecule has 3 aromatic rings. The minimum atomic E-state index is -0.0871. The molecule has 30 heavy (non-hydrogen) atoms. The van der Waals surface area contributed by atoms with E-state index in [1.54, 1.807) is 0 Å². The highest BCUT2D eigenvalue weighted by molar-refractivity contribution is 5.85. The van der Waals surface area contributed by atoms with Gasteiger partial charge < -0.3 is 10.3 Å². The molecule has 1 aromatic heterocycles. The van der Waals surface area contributed by atoms with E-state index in [1.807, 2.05) is 0 Å². The largest absolute Gasteiger partial charge is 0.361 e. The topological polar surface area (TPSA) is 44.9 Å². The summed E-state index contributed by atoms with van der Waals surface area (Å²) in [7, 11) is 0. The average molecular weight is 399 g/mol. The van der Waals surface area contributed by atoms with Gasteiger partial charge in [-0.15, -0.1) is 0 Å². The summed E-state index contributed by atoms with van der Waals surface area (Å²) in [6.07, 6.45) is 9.59. The Hall–Kier alpha value is -2.55. The third-order valence-corrected chi connectivity index (χ3v) is 8.19. The lowest BCUT2D eigenvalue weighted by Crippen LogP contribution is -2.54. The molecule has 0 saturated heterocycles. The van der Waals surface area contributed by atoms with Gasteiger partial charge in [-0.3, -0.25) is 4.79 Å². The first-order chi connectivity index (χ1) is 14.7. The molecule has 4 saturated carbocycles. The zero-order valence-corrected chi connectivity index (χ0v) is 17.4. The molecule has 0 unspecified atom stereocenters. The van der Waals surface area contributed by atoms with Crippen molar-refractivity contribution < 1.29 is 4.79 Å². The number of para-hydroxylation sites is 1. The lowest BCUT2D eigenvalue weighted by atomic mass is 9.49. The highest BCUT2D eigenvalue weighted by atomic mass is 16.2. The minimum Gasteiger partial charge on any atom is -0.361 e. The van der Waals surface area contributed by atoms with Gasteiger partial charge in [0.15, 0.2) is 0 Å². The molecule has 4 aliphatic rings. The van der Waals surface area contributed by atoms with Crippen LogP contribution in [0.3, 0.4) is 0 Å². The van der Waals surface area contributed by atoms with Crippen LogP contribution < -0.4 is 5.32 Å². The maximum Gasteiger partial charge on any atom is 0.226 e. The summed E-state index contributed by atoms with van der Waals surface area (Å²) < 4.78 is 0. The Labute approximate surface area is 178 Å². The average Bonchev–Trinajstić information content (AvgIpc) is 3.18. The summed E-state index contributed by atoms with van der Waals surface area (Å²) in [5.74, 6) is 2.85. The Morgan fingerprint density at radius 2 is 1.57 bits per heavy atom. The Kier molecular flexibility index (Phi) is 4.26. The van der Waals surface area contributed by atoms with E-state index in [9.17, 15) is 4.79 Å². The summed E-state index contributed by atoms with van der Waals surface area (Å²) >= 11 is 0. The number of carbonyl (C=O) groups excluding carboxylic acids is 1. The van der Waals surface area contributed by atoms with E-state index in [0.29, 0.717) is 12.5 Å². The fourth-order valence-corrected chi connectivity index (χ4v) is 7.25. The Morgan fingerprint density at radius 3 is 2.27 bits per heavy atom. The number of aromatic nitrogens is 1. The van der Waals surface area contributed by atoms with E-state index in [0.717, 1.165) is 42.5 Å². The molecule has 7 rings (SSSR count). The van der Waals surface area contributed by atoms with Gasteiger partial charge in [0.2, 0.25) is 5.91 Å². The molecule has 0 spiro atoms. The zero-order chi connectivity index (χ0) is 20.1. The first-order valence-corrected chi connectivity index (χ1v) is 11.6. The third-order valence-electron chi connectivity index (χ3n) is 8.19. The van der Waals surface area contributed by atoms with Gasteiger partial charge in [-0.1, -0.05) is 48.5 Å². The van der Waals surface area contributed by atoms with Gasteiger partial charge in [-0.05, 0) is 73.5 Å². The molecule has 4 fully saturated rings. The van der Waals surface area contributed by atoms with Crippen molar-refractivity contribution in [2.45, 2.75) is 44.4 Å². The van der Waals surface area contributed by atoms with Gasteiger partial charge in [-0.25, -0.2) is 0 Å². The molecule has 1 heterocycles. The standard InChI is InChI=1S/C27H30N2O/c30-26(27-13-18-10-19(14-27)12-20(11-18)15-27)29-16-23(21-6-2-1-3-7-21)24-17-28-25-9-5-4-8-22(24)25/h1-9,17-20,23,28H,10-16H2,(H,29,30)/t18?,19?,20?,23-,27?/m1/s1. The van der Waals surface area contributed by atoms with Gasteiger partial charge >= 0.3 is 0 Å². The number of benzene rings is 2. The van der Waals surface area contributed by atoms with E-state index in [1.165, 1.54) is 35.8 Å². The highest BCUT2D eigenvalue weighted by Crippen LogP contribution is 2.60. The lowest BCUT2D eigenvalue weighted by Gasteiger charge is -2.55. The number of carbonyl (C=O) groups is 1. The summed E-state index contributed by atoms with van der Waals surface area (Å²) in [5.41, 5.74) is 3.59. The second-order valence-corrected chi connectivity index (χ2v) is 10.2. The number of amides is 1. The van der Waals surface area contributed by atoms with E-state index >= 15 is 0 Å². The Bertz CT molecular complexity index is 1030. The molecule has 2 aromatic carbocycles. The van der Waals surface area contributed by atoms with Crippen LogP contribution in [0.15, 0.2) is 60.8 Å². The fourth-order valence-electron chi connectivity index (χ4n) is 7.25. The summed E-state index contributed by atoms with van der Waals surface area (Å²) in [6, 6.07) is 19.1. The molecule has 1 atom stereocenters. The van der Waals surface area contributed by atoms with Crippen LogP contribution in [0.5, 0.6) is 0 Å². The van der Waals surface area contributed by atoms with Gasteiger partial charge in [0.05, 0.1) is 0 Å². The number of aromatic amines is 1. The molecular formula is C27H30N2O. The van der Waals surface area contributed by atoms with E-state index < -0.39 is 0 Å². The molecule has 4 aliphatic carbocycles. The molecular weight excluding hydrogens is 368 g/mol. The highest BCUT2D eigenvalue weighted by Gasteiger charge is 2.54. The molecule has 1 amide bonds. The Balaban J connectivity index is 1.28. The number of hydrogen-bond donors (Lipinski definition) is 2. The van der Waals surface area contributed by atoms with Crippen molar-refractivity contribution in [2.75, 3.05) is 6.54 Å². The third kappa shape index (κ3) is 2.98. The van der Waals surface area contributed by atoms with Crippen molar-refractivity contribution in [3.63, 3.8) is 0 Å². The summed E-state index contributed by atoms with van der Waals surface area (Å²) in [5, 5.41) is 4.68. The minimum absolute atomic E-state index is 0.0871. The maximum absolute atomic E-state index is 13.5. The fraction of sp³-hybridized carbons (Fsp3) is 0.444. The monoisotopic (exact) mass is 398 g/mol. The second-order valence-electron chi connectivity index (χ2n) is 10.2. The van der Waals surface area contributed by atoms with Crippen LogP contribution in [-0.2, 0) is 4.79 Å². The van der Waals surface area contributed by atoms with Gasteiger partial charge in [0.25, 0.3) is 0 Å². The number of fused-ring (bicyclic) bond motifs is 1. The van der Waals surface area contributed by atoms with Crippen LogP contribution >= 0.6 is 0 Å². The van der Waals surface area contributed by atoms with Crippen molar-refractivity contribution in [3.8, 4) is 0 Å². The lowest BCUT2D eigenvalue weighted by molar-refractivity contribution is -0.146. The van der Waals surface area contributed by atoms with Crippen LogP contribution in [-0.4, -0.2) is 17.4 Å². The van der Waals surface area contributed by atoms with Crippen molar-refractivity contribution in [2.24, 2.45) is 23.2 Å². The van der Waals surface area contributed by atoms with Crippen LogP contribution in [0.25, 0.3) is 10.9 Å². The number of H-pyrrole nitrogens is 1. The van der Waals surface area contributed by atoms with Gasteiger partial charge in [0, 0.05) is 35.0 Å². The quantitative estimate of drug-likeness (QED) is 0.574. The van der Waals surface area contributed by atoms with Crippen molar-refractivity contribution in [3.05, 3.63) is 71.9 Å². The molecule has 3 heteroatoms. The van der Waals surface area contributed by atoms with Crippen molar-refractivity contribution >= 4 is 16.8 Å². The van der Waals surface area contributed by atoms with E-state index in [-0.39, 0.29) is 11.3 Å². The Morgan fingerprint density at radius 1 is 0.933 bits per heavy atom. The molecule has 154 valence electrons. The van der Waals surface area contributed by atoms with E-state index in [2.05, 4.69) is 71.1 Å². The normalized spacial score (nSPS) is 30.5. The SMILES string of the molecule is O=C(NC[C@H](c1ccccc1)c1c[nH]c2ccccc12)C12CC3CC(CC(C3)C1)C2. The molecule has 4 bridgehead atoms. The molecule has 0 radical (unpaired) electrons. The van der Waals surface area contributed by atoms with Crippen LogP contribution in [0.2, 0.25) is 0 Å². The summed E-state index contributed by atoms with van der Waals surface area (Å²) in [4.78, 5) is 17.0. The van der Waals surface area contributed by atoms with Crippen molar-refractivity contribution in [1.82, 2.24) is 10.3 Å². The predicted molar refractivity (Wildman–Crippen MR) is 120 cm³/mol. The predicted octanol–water partition coefficient (Wildman–Crippen LogP) is 5.63. The number of rotatable bonds is 5. The smallest absolute Gasteiger partial charge is 0.226 e. The maximum atomic E-state index is 13.5. The van der Waals surface area contributed by atoms with Gasteiger partial charge in [0.1, 0.15) is 0 Å². The van der Waals surface area contributed by atoms with Crippen LogP contribution in [0, 0.1) is 23.2 Å². The van der Waals surface area contributed by atoms with Gasteiger partial charge in [-0.2, -0.15) is 0 Å². The molecule has 0 aliphatic heterocycles. The molecule has 2 N–H and O–H groups in total. The summed E-state index contributed by atoms with van der Waals surface area (Å²) in [6.45, 7) is 0.659. The zero-order valence-electron chi connectivity index (χ0n) is 17.4. The van der Waals surface area contributed by atoms with E-state index in [4.69, 9.17) is 0 Å². The first kappa shape index (κ1) is 18.2. The number of nitrogens with one attached hydrogen (secondary N) is 2. The molecule has 3 nitrogen and oxygen atoms in total. The first-order valence-electron chi connectivity index (χ1n) is 11.6. The van der Waals surface area contributed by atoms with Crippen molar-refractivity contribution in [1.29, 1.82) is 0 Å². The second kappa shape index (κ2) is 7.01.